The maximum atomic E-state index is 11.4. The number of aromatic carboxylic acids is 1. The zero-order valence-electron chi connectivity index (χ0n) is 11.7. The molecule has 0 radical (unpaired) electrons. The zero-order valence-corrected chi connectivity index (χ0v) is 12.5. The average Bonchev–Trinajstić information content (AvgIpc) is 2.99. The summed E-state index contributed by atoms with van der Waals surface area (Å²) in [6.45, 7) is 0.353. The average molecular weight is 310 g/mol. The smallest absolute Gasteiger partial charge is 0.349 e. The van der Waals surface area contributed by atoms with E-state index in [2.05, 4.69) is 0 Å². The van der Waals surface area contributed by atoms with Gasteiger partial charge in [-0.05, 0) is 17.2 Å². The lowest BCUT2D eigenvalue weighted by Crippen LogP contribution is -1.99. The van der Waals surface area contributed by atoms with Crippen LogP contribution in [0.3, 0.4) is 0 Å². The van der Waals surface area contributed by atoms with E-state index in [4.69, 9.17) is 4.74 Å². The van der Waals surface area contributed by atoms with E-state index in [0.29, 0.717) is 12.4 Å². The predicted molar refractivity (Wildman–Crippen MR) is 87.5 cm³/mol. The van der Waals surface area contributed by atoms with E-state index in [1.54, 1.807) is 6.07 Å². The van der Waals surface area contributed by atoms with E-state index in [9.17, 15) is 9.90 Å². The summed E-state index contributed by atoms with van der Waals surface area (Å²) in [4.78, 5) is 12.5. The van der Waals surface area contributed by atoms with Crippen molar-refractivity contribution in [2.45, 2.75) is 6.61 Å². The zero-order chi connectivity index (χ0) is 15.4. The Kier molecular flexibility index (Phi) is 4.21. The van der Waals surface area contributed by atoms with Gasteiger partial charge in [0.25, 0.3) is 0 Å². The van der Waals surface area contributed by atoms with Crippen LogP contribution in [0.25, 0.3) is 10.4 Å². The van der Waals surface area contributed by atoms with Crippen LogP contribution in [-0.4, -0.2) is 11.1 Å². The van der Waals surface area contributed by atoms with Gasteiger partial charge in [0.2, 0.25) is 0 Å². The molecule has 0 bridgehead atoms. The van der Waals surface area contributed by atoms with Crippen molar-refractivity contribution in [1.29, 1.82) is 0 Å². The molecule has 0 amide bonds. The van der Waals surface area contributed by atoms with Gasteiger partial charge in [-0.1, -0.05) is 60.7 Å². The second-order valence-corrected chi connectivity index (χ2v) is 5.80. The number of hydrogen-bond acceptors (Lipinski definition) is 3. The van der Waals surface area contributed by atoms with Crippen molar-refractivity contribution < 1.29 is 14.6 Å². The minimum atomic E-state index is -0.963. The first-order valence-electron chi connectivity index (χ1n) is 6.83. The fraction of sp³-hybridized carbons (Fsp3) is 0.0556. The minimum Gasteiger partial charge on any atom is -0.487 e. The van der Waals surface area contributed by atoms with Crippen LogP contribution in [0, 0.1) is 0 Å². The highest BCUT2D eigenvalue weighted by Gasteiger charge is 2.17. The maximum absolute atomic E-state index is 11.4. The molecule has 1 aromatic heterocycles. The lowest BCUT2D eigenvalue weighted by molar-refractivity contribution is 0.0697. The normalized spacial score (nSPS) is 10.4. The van der Waals surface area contributed by atoms with Crippen LogP contribution in [0.15, 0.2) is 66.7 Å². The highest BCUT2D eigenvalue weighted by atomic mass is 32.1. The van der Waals surface area contributed by atoms with Gasteiger partial charge in [-0.25, -0.2) is 4.79 Å². The number of thiophene rings is 1. The molecule has 0 spiro atoms. The molecule has 0 saturated heterocycles. The largest absolute Gasteiger partial charge is 0.487 e. The molecule has 0 aliphatic rings. The van der Waals surface area contributed by atoms with Crippen molar-refractivity contribution >= 4 is 17.3 Å². The molecule has 3 nitrogen and oxygen atoms in total. The molecule has 1 N–H and O–H groups in total. The van der Waals surface area contributed by atoms with E-state index in [1.807, 2.05) is 60.7 Å². The minimum absolute atomic E-state index is 0.231. The highest BCUT2D eigenvalue weighted by Crippen LogP contribution is 2.36. The van der Waals surface area contributed by atoms with Crippen LogP contribution in [0.1, 0.15) is 15.2 Å². The Hall–Kier alpha value is -2.59. The quantitative estimate of drug-likeness (QED) is 0.743. The van der Waals surface area contributed by atoms with E-state index in [-0.39, 0.29) is 4.88 Å². The second kappa shape index (κ2) is 6.45. The number of benzene rings is 2. The van der Waals surface area contributed by atoms with Crippen molar-refractivity contribution in [3.8, 4) is 16.2 Å². The van der Waals surface area contributed by atoms with Gasteiger partial charge in [0.15, 0.2) is 4.88 Å². The Morgan fingerprint density at radius 2 is 1.64 bits per heavy atom. The highest BCUT2D eigenvalue weighted by molar-refractivity contribution is 7.17. The van der Waals surface area contributed by atoms with Gasteiger partial charge >= 0.3 is 5.97 Å². The number of ether oxygens (including phenoxy) is 1. The van der Waals surface area contributed by atoms with Crippen LogP contribution >= 0.6 is 11.3 Å². The van der Waals surface area contributed by atoms with Gasteiger partial charge in [-0.3, -0.25) is 0 Å². The van der Waals surface area contributed by atoms with Crippen LogP contribution < -0.4 is 4.74 Å². The molecule has 22 heavy (non-hydrogen) atoms. The molecule has 110 valence electrons. The lowest BCUT2D eigenvalue weighted by Gasteiger charge is -2.05. The maximum Gasteiger partial charge on any atom is 0.349 e. The van der Waals surface area contributed by atoms with Gasteiger partial charge in [-0.15, -0.1) is 11.3 Å². The van der Waals surface area contributed by atoms with Crippen molar-refractivity contribution in [2.24, 2.45) is 0 Å². The standard InChI is InChI=1S/C18H14O3S/c19-18(20)17-15(21-12-13-7-3-1-4-8-13)11-16(22-17)14-9-5-2-6-10-14/h1-11H,12H2,(H,19,20). The lowest BCUT2D eigenvalue weighted by atomic mass is 10.2. The molecule has 3 aromatic rings. The molecule has 0 aliphatic carbocycles. The first kappa shape index (κ1) is 14.4. The van der Waals surface area contributed by atoms with Crippen molar-refractivity contribution in [2.75, 3.05) is 0 Å². The molecule has 4 heteroatoms. The van der Waals surface area contributed by atoms with Crippen LogP contribution in [0.4, 0.5) is 0 Å². The van der Waals surface area contributed by atoms with Crippen LogP contribution in [0.2, 0.25) is 0 Å². The summed E-state index contributed by atoms with van der Waals surface area (Å²) in [6.07, 6.45) is 0. The summed E-state index contributed by atoms with van der Waals surface area (Å²) in [7, 11) is 0. The number of hydrogen-bond donors (Lipinski definition) is 1. The molecule has 1 heterocycles. The summed E-state index contributed by atoms with van der Waals surface area (Å²) in [6, 6.07) is 21.2. The third-order valence-corrected chi connectivity index (χ3v) is 4.34. The molecule has 0 unspecified atom stereocenters. The Morgan fingerprint density at radius 3 is 2.27 bits per heavy atom. The fourth-order valence-electron chi connectivity index (χ4n) is 2.11. The topological polar surface area (TPSA) is 46.5 Å². The van der Waals surface area contributed by atoms with E-state index < -0.39 is 5.97 Å². The van der Waals surface area contributed by atoms with Crippen LogP contribution in [0.5, 0.6) is 5.75 Å². The SMILES string of the molecule is O=C(O)c1sc(-c2ccccc2)cc1OCc1ccccc1. The Bertz CT molecular complexity index is 764. The van der Waals surface area contributed by atoms with Crippen molar-refractivity contribution in [3.63, 3.8) is 0 Å². The molecule has 0 saturated carbocycles. The van der Waals surface area contributed by atoms with E-state index >= 15 is 0 Å². The van der Waals surface area contributed by atoms with E-state index in [1.165, 1.54) is 11.3 Å². The fourth-order valence-corrected chi connectivity index (χ4v) is 3.06. The third-order valence-electron chi connectivity index (χ3n) is 3.19. The van der Waals surface area contributed by atoms with Gasteiger partial charge < -0.3 is 9.84 Å². The number of carboxylic acids is 1. The number of carboxylic acid groups (broad SMARTS) is 1. The molecule has 0 fully saturated rings. The number of carbonyl (C=O) groups is 1. The Morgan fingerprint density at radius 1 is 1.00 bits per heavy atom. The summed E-state index contributed by atoms with van der Waals surface area (Å²) < 4.78 is 5.72. The van der Waals surface area contributed by atoms with Gasteiger partial charge in [0.05, 0.1) is 0 Å². The summed E-state index contributed by atoms with van der Waals surface area (Å²) in [5, 5.41) is 9.35. The van der Waals surface area contributed by atoms with Gasteiger partial charge in [0, 0.05) is 4.88 Å². The number of rotatable bonds is 5. The summed E-state index contributed by atoms with van der Waals surface area (Å²) in [5.41, 5.74) is 2.00. The summed E-state index contributed by atoms with van der Waals surface area (Å²) >= 11 is 1.23. The van der Waals surface area contributed by atoms with Crippen LogP contribution in [-0.2, 0) is 6.61 Å². The molecular formula is C18H14O3S. The molecule has 0 atom stereocenters. The molecule has 3 rings (SSSR count). The monoisotopic (exact) mass is 310 g/mol. The molecule has 2 aromatic carbocycles. The molecule has 0 aliphatic heterocycles. The van der Waals surface area contributed by atoms with Crippen molar-refractivity contribution in [1.82, 2.24) is 0 Å². The summed E-state index contributed by atoms with van der Waals surface area (Å²) in [5.74, 6) is -0.546. The Labute approximate surface area is 132 Å². The Balaban J connectivity index is 1.86. The molecular weight excluding hydrogens is 296 g/mol. The first-order valence-corrected chi connectivity index (χ1v) is 7.65. The van der Waals surface area contributed by atoms with Gasteiger partial charge in [-0.2, -0.15) is 0 Å². The third kappa shape index (κ3) is 3.18. The van der Waals surface area contributed by atoms with Gasteiger partial charge in [0.1, 0.15) is 12.4 Å². The predicted octanol–water partition coefficient (Wildman–Crippen LogP) is 4.69. The first-order chi connectivity index (χ1) is 10.7. The van der Waals surface area contributed by atoms with Crippen molar-refractivity contribution in [3.05, 3.63) is 77.2 Å². The van der Waals surface area contributed by atoms with E-state index in [0.717, 1.165) is 16.0 Å². The second-order valence-electron chi connectivity index (χ2n) is 4.75.